The van der Waals surface area contributed by atoms with E-state index in [0.717, 1.165) is 5.56 Å². The Kier molecular flexibility index (Phi) is 4.55. The van der Waals surface area contributed by atoms with Crippen LogP contribution in [0.15, 0.2) is 36.7 Å². The van der Waals surface area contributed by atoms with Gasteiger partial charge >= 0.3 is 0 Å². The molecule has 3 N–H and O–H groups in total. The Morgan fingerprint density at radius 3 is 2.85 bits per heavy atom. The number of aromatic nitrogens is 2. The monoisotopic (exact) mass is 308 g/mol. The number of hydrogen-bond acceptors (Lipinski definition) is 4. The van der Waals surface area contributed by atoms with Gasteiger partial charge in [0, 0.05) is 11.8 Å². The van der Waals surface area contributed by atoms with E-state index in [1.807, 2.05) is 6.07 Å². The fraction of sp³-hybridized carbons (Fsp3) is 0. The summed E-state index contributed by atoms with van der Waals surface area (Å²) in [5, 5.41) is 2.69. The Bertz CT molecular complexity index is 673. The topological polar surface area (TPSA) is 80.9 Å². The van der Waals surface area contributed by atoms with Crippen molar-refractivity contribution in [1.29, 1.82) is 0 Å². The highest BCUT2D eigenvalue weighted by Gasteiger charge is 2.08. The predicted octanol–water partition coefficient (Wildman–Crippen LogP) is 3.02. The van der Waals surface area contributed by atoms with E-state index < -0.39 is 0 Å². The Hall–Kier alpha value is -2.11. The number of halogens is 2. The van der Waals surface area contributed by atoms with E-state index in [-0.39, 0.29) is 21.9 Å². The molecule has 0 saturated heterocycles. The van der Waals surface area contributed by atoms with Crippen LogP contribution in [0.25, 0.3) is 6.08 Å². The largest absolute Gasteiger partial charge is 0.399 e. The minimum absolute atomic E-state index is 0.0804. The van der Waals surface area contributed by atoms with Crippen molar-refractivity contribution in [2.45, 2.75) is 0 Å². The van der Waals surface area contributed by atoms with Gasteiger partial charge in [-0.2, -0.15) is 0 Å². The van der Waals surface area contributed by atoms with Crippen LogP contribution in [0.4, 0.5) is 11.5 Å². The SMILES string of the molecule is Nc1cccc(/C=C/C(=O)Nc2ncnc(Cl)c2Cl)c1. The molecule has 0 atom stereocenters. The summed E-state index contributed by atoms with van der Waals surface area (Å²) >= 11 is 11.6. The van der Waals surface area contributed by atoms with E-state index in [2.05, 4.69) is 15.3 Å². The van der Waals surface area contributed by atoms with Gasteiger partial charge in [-0.3, -0.25) is 4.79 Å². The molecule has 1 aromatic carbocycles. The van der Waals surface area contributed by atoms with Crippen LogP contribution in [0.1, 0.15) is 5.56 Å². The van der Waals surface area contributed by atoms with Crippen LogP contribution in [0, 0.1) is 0 Å². The zero-order valence-electron chi connectivity index (χ0n) is 10.2. The second-order valence-corrected chi connectivity index (χ2v) is 4.56. The van der Waals surface area contributed by atoms with Crippen molar-refractivity contribution in [3.63, 3.8) is 0 Å². The van der Waals surface area contributed by atoms with Gasteiger partial charge in [-0.25, -0.2) is 9.97 Å². The van der Waals surface area contributed by atoms with E-state index >= 15 is 0 Å². The third-order valence-electron chi connectivity index (χ3n) is 2.33. The molecule has 1 amide bonds. The Morgan fingerprint density at radius 2 is 2.10 bits per heavy atom. The molecular weight excluding hydrogens is 299 g/mol. The first-order chi connectivity index (χ1) is 9.56. The third kappa shape index (κ3) is 3.69. The Morgan fingerprint density at radius 1 is 1.30 bits per heavy atom. The quantitative estimate of drug-likeness (QED) is 0.519. The van der Waals surface area contributed by atoms with Crippen molar-refractivity contribution in [2.24, 2.45) is 0 Å². The van der Waals surface area contributed by atoms with Crippen LogP contribution in [-0.2, 0) is 4.79 Å². The van der Waals surface area contributed by atoms with E-state index in [9.17, 15) is 4.79 Å². The van der Waals surface area contributed by atoms with Gasteiger partial charge in [0.15, 0.2) is 11.0 Å². The van der Waals surface area contributed by atoms with Gasteiger partial charge in [-0.05, 0) is 23.8 Å². The number of anilines is 2. The third-order valence-corrected chi connectivity index (χ3v) is 3.07. The average molecular weight is 309 g/mol. The van der Waals surface area contributed by atoms with Gasteiger partial charge in [-0.15, -0.1) is 0 Å². The molecule has 1 heterocycles. The van der Waals surface area contributed by atoms with Crippen LogP contribution in [0.3, 0.4) is 0 Å². The highest BCUT2D eigenvalue weighted by Crippen LogP contribution is 2.25. The molecule has 0 radical (unpaired) electrons. The maximum Gasteiger partial charge on any atom is 0.249 e. The highest BCUT2D eigenvalue weighted by atomic mass is 35.5. The van der Waals surface area contributed by atoms with E-state index in [4.69, 9.17) is 28.9 Å². The standard InChI is InChI=1S/C13H10Cl2N4O/c14-11-12(15)17-7-18-13(11)19-10(20)5-4-8-2-1-3-9(16)6-8/h1-7H,16H2,(H,17,18,19,20)/b5-4+. The van der Waals surface area contributed by atoms with Gasteiger partial charge in [0.05, 0.1) is 0 Å². The number of nitrogen functional groups attached to an aromatic ring is 1. The zero-order chi connectivity index (χ0) is 14.5. The second kappa shape index (κ2) is 6.36. The minimum atomic E-state index is -0.385. The van der Waals surface area contributed by atoms with Crippen molar-refractivity contribution in [3.05, 3.63) is 52.4 Å². The summed E-state index contributed by atoms with van der Waals surface area (Å²) in [5.74, 6) is -0.224. The van der Waals surface area contributed by atoms with Crippen molar-refractivity contribution in [3.8, 4) is 0 Å². The number of hydrogen-bond donors (Lipinski definition) is 2. The molecule has 0 fully saturated rings. The number of rotatable bonds is 3. The number of carbonyl (C=O) groups is 1. The maximum absolute atomic E-state index is 11.7. The van der Waals surface area contributed by atoms with Crippen LogP contribution < -0.4 is 11.1 Å². The first-order valence-corrected chi connectivity index (χ1v) is 6.32. The molecule has 0 unspecified atom stereocenters. The number of nitrogens with two attached hydrogens (primary N) is 1. The maximum atomic E-state index is 11.7. The Labute approximate surface area is 125 Å². The lowest BCUT2D eigenvalue weighted by molar-refractivity contribution is -0.111. The van der Waals surface area contributed by atoms with E-state index in [1.54, 1.807) is 24.3 Å². The molecule has 0 bridgehead atoms. The highest BCUT2D eigenvalue weighted by molar-refractivity contribution is 6.43. The van der Waals surface area contributed by atoms with Crippen LogP contribution >= 0.6 is 23.2 Å². The lowest BCUT2D eigenvalue weighted by Crippen LogP contribution is -2.10. The average Bonchev–Trinajstić information content (AvgIpc) is 2.42. The van der Waals surface area contributed by atoms with Gasteiger partial charge in [0.25, 0.3) is 0 Å². The first-order valence-electron chi connectivity index (χ1n) is 5.57. The van der Waals surface area contributed by atoms with E-state index in [1.165, 1.54) is 12.4 Å². The normalized spacial score (nSPS) is 10.7. The summed E-state index contributed by atoms with van der Waals surface area (Å²) in [5.41, 5.74) is 7.08. The number of amides is 1. The molecule has 2 rings (SSSR count). The van der Waals surface area contributed by atoms with Crippen molar-refractivity contribution in [1.82, 2.24) is 9.97 Å². The predicted molar refractivity (Wildman–Crippen MR) is 80.6 cm³/mol. The molecule has 0 spiro atoms. The molecule has 0 saturated carbocycles. The van der Waals surface area contributed by atoms with Crippen molar-refractivity contribution >= 4 is 46.7 Å². The summed E-state index contributed by atoms with van der Waals surface area (Å²) < 4.78 is 0. The molecular formula is C13H10Cl2N4O. The molecule has 20 heavy (non-hydrogen) atoms. The molecule has 102 valence electrons. The van der Waals surface area contributed by atoms with E-state index in [0.29, 0.717) is 5.69 Å². The number of benzene rings is 1. The minimum Gasteiger partial charge on any atom is -0.399 e. The van der Waals surface area contributed by atoms with Gasteiger partial charge < -0.3 is 11.1 Å². The van der Waals surface area contributed by atoms with Crippen molar-refractivity contribution in [2.75, 3.05) is 11.1 Å². The number of carbonyl (C=O) groups excluding carboxylic acids is 1. The van der Waals surface area contributed by atoms with Gasteiger partial charge in [0.1, 0.15) is 11.3 Å². The molecule has 7 heteroatoms. The Balaban J connectivity index is 2.08. The molecule has 2 aromatic rings. The summed E-state index contributed by atoms with van der Waals surface area (Å²) in [7, 11) is 0. The summed E-state index contributed by atoms with van der Waals surface area (Å²) in [6.07, 6.45) is 4.19. The smallest absolute Gasteiger partial charge is 0.249 e. The molecule has 1 aromatic heterocycles. The summed E-state index contributed by atoms with van der Waals surface area (Å²) in [6, 6.07) is 7.14. The first kappa shape index (κ1) is 14.3. The zero-order valence-corrected chi connectivity index (χ0v) is 11.7. The molecule has 0 aliphatic heterocycles. The summed E-state index contributed by atoms with van der Waals surface area (Å²) in [6.45, 7) is 0. The lowest BCUT2D eigenvalue weighted by Gasteiger charge is -2.03. The summed E-state index contributed by atoms with van der Waals surface area (Å²) in [4.78, 5) is 19.3. The number of nitrogens with zero attached hydrogens (tertiary/aromatic N) is 2. The lowest BCUT2D eigenvalue weighted by atomic mass is 10.2. The fourth-order valence-corrected chi connectivity index (χ4v) is 1.71. The molecule has 5 nitrogen and oxygen atoms in total. The fourth-order valence-electron chi connectivity index (χ4n) is 1.43. The van der Waals surface area contributed by atoms with Crippen LogP contribution in [0.2, 0.25) is 10.2 Å². The van der Waals surface area contributed by atoms with Crippen molar-refractivity contribution < 1.29 is 4.79 Å². The van der Waals surface area contributed by atoms with Gasteiger partial charge in [-0.1, -0.05) is 35.3 Å². The molecule has 0 aliphatic rings. The second-order valence-electron chi connectivity index (χ2n) is 3.82. The molecule has 0 aliphatic carbocycles. The van der Waals surface area contributed by atoms with Crippen LogP contribution in [-0.4, -0.2) is 15.9 Å². The van der Waals surface area contributed by atoms with Crippen LogP contribution in [0.5, 0.6) is 0 Å². The number of nitrogens with one attached hydrogen (secondary N) is 1. The van der Waals surface area contributed by atoms with Gasteiger partial charge in [0.2, 0.25) is 5.91 Å².